The highest BCUT2D eigenvalue weighted by atomic mass is 32.1. The maximum Gasteiger partial charge on any atom is 0.265 e. The number of carbonyl (C=O) groups excluding carboxylic acids is 1. The van der Waals surface area contributed by atoms with Gasteiger partial charge in [0.15, 0.2) is 0 Å². The summed E-state index contributed by atoms with van der Waals surface area (Å²) in [7, 11) is 3.97. The van der Waals surface area contributed by atoms with Crippen LogP contribution in [0.2, 0.25) is 0 Å². The number of thiazole rings is 1. The Morgan fingerprint density at radius 3 is 2.85 bits per heavy atom. The van der Waals surface area contributed by atoms with Crippen molar-refractivity contribution in [3.8, 4) is 0 Å². The van der Waals surface area contributed by atoms with Crippen LogP contribution in [0.25, 0.3) is 0 Å². The van der Waals surface area contributed by atoms with Gasteiger partial charge < -0.3 is 15.1 Å². The van der Waals surface area contributed by atoms with Crippen LogP contribution in [0, 0.1) is 0 Å². The molecule has 1 fully saturated rings. The summed E-state index contributed by atoms with van der Waals surface area (Å²) in [6.45, 7) is 3.64. The van der Waals surface area contributed by atoms with E-state index < -0.39 is 0 Å². The van der Waals surface area contributed by atoms with Gasteiger partial charge in [0.05, 0.1) is 23.1 Å². The van der Waals surface area contributed by atoms with Crippen LogP contribution in [0.15, 0.2) is 23.8 Å². The number of nitrogens with zero attached hydrogens (tertiary/aromatic N) is 4. The van der Waals surface area contributed by atoms with Gasteiger partial charge in [-0.2, -0.15) is 0 Å². The Bertz CT molecular complexity index is 728. The van der Waals surface area contributed by atoms with Crippen LogP contribution in [-0.2, 0) is 6.42 Å². The Labute approximate surface area is 159 Å². The van der Waals surface area contributed by atoms with E-state index in [2.05, 4.69) is 21.4 Å². The summed E-state index contributed by atoms with van der Waals surface area (Å²) < 4.78 is 0. The van der Waals surface area contributed by atoms with E-state index in [0.29, 0.717) is 6.04 Å². The fraction of sp³-hybridized carbons (Fsp3) is 0.526. The Morgan fingerprint density at radius 2 is 2.15 bits per heavy atom. The van der Waals surface area contributed by atoms with Gasteiger partial charge in [0.1, 0.15) is 10.7 Å². The molecule has 0 aromatic carbocycles. The molecule has 140 valence electrons. The van der Waals surface area contributed by atoms with Gasteiger partial charge in [-0.3, -0.25) is 4.79 Å². The summed E-state index contributed by atoms with van der Waals surface area (Å²) in [5.41, 5.74) is 3.74. The first kappa shape index (κ1) is 18.6. The van der Waals surface area contributed by atoms with Crippen LogP contribution < -0.4 is 10.2 Å². The highest BCUT2D eigenvalue weighted by Crippen LogP contribution is 2.22. The Morgan fingerprint density at radius 1 is 1.31 bits per heavy atom. The van der Waals surface area contributed by atoms with Crippen LogP contribution in [0.5, 0.6) is 0 Å². The number of amides is 1. The molecule has 0 aliphatic carbocycles. The molecule has 1 unspecified atom stereocenters. The summed E-state index contributed by atoms with van der Waals surface area (Å²) in [5, 5.41) is 3.58. The van der Waals surface area contributed by atoms with Crippen molar-refractivity contribution in [3.63, 3.8) is 0 Å². The molecule has 1 saturated heterocycles. The van der Waals surface area contributed by atoms with Crippen molar-refractivity contribution in [2.75, 3.05) is 37.4 Å². The lowest BCUT2D eigenvalue weighted by Crippen LogP contribution is -2.32. The standard InChI is InChI=1S/C19H27N5OS/c1-4-16-18(26-13-21-16)19(25)24-10-5-6-14(9-11-24)22-15-7-8-17(20-12-15)23(2)3/h7-8,12-14,22H,4-6,9-11H2,1-3H3. The second-order valence-corrected chi connectivity index (χ2v) is 7.70. The highest BCUT2D eigenvalue weighted by molar-refractivity contribution is 7.11. The molecule has 7 heteroatoms. The van der Waals surface area contributed by atoms with Crippen molar-refractivity contribution < 1.29 is 4.79 Å². The van der Waals surface area contributed by atoms with Gasteiger partial charge in [0.25, 0.3) is 5.91 Å². The minimum Gasteiger partial charge on any atom is -0.381 e. The number of rotatable bonds is 5. The smallest absolute Gasteiger partial charge is 0.265 e. The quantitative estimate of drug-likeness (QED) is 0.871. The van der Waals surface area contributed by atoms with Crippen molar-refractivity contribution in [1.82, 2.24) is 14.9 Å². The van der Waals surface area contributed by atoms with Gasteiger partial charge in [-0.25, -0.2) is 9.97 Å². The molecule has 2 aromatic heterocycles. The molecule has 0 saturated carbocycles. The maximum atomic E-state index is 12.8. The predicted molar refractivity (Wildman–Crippen MR) is 107 cm³/mol. The zero-order valence-corrected chi connectivity index (χ0v) is 16.6. The summed E-state index contributed by atoms with van der Waals surface area (Å²) in [6.07, 6.45) is 5.70. The van der Waals surface area contributed by atoms with E-state index in [4.69, 9.17) is 0 Å². The number of nitrogens with one attached hydrogen (secondary N) is 1. The molecule has 2 aromatic rings. The molecule has 3 heterocycles. The normalized spacial score (nSPS) is 17.7. The van der Waals surface area contributed by atoms with Gasteiger partial charge in [-0.1, -0.05) is 6.92 Å². The largest absolute Gasteiger partial charge is 0.381 e. The molecule has 1 atom stereocenters. The fourth-order valence-corrected chi connectivity index (χ4v) is 4.10. The average molecular weight is 374 g/mol. The zero-order valence-electron chi connectivity index (χ0n) is 15.7. The van der Waals surface area contributed by atoms with Gasteiger partial charge in [-0.15, -0.1) is 11.3 Å². The molecule has 6 nitrogen and oxygen atoms in total. The molecule has 0 bridgehead atoms. The second kappa shape index (κ2) is 8.49. The predicted octanol–water partition coefficient (Wildman–Crippen LogP) is 3.27. The third kappa shape index (κ3) is 4.33. The van der Waals surface area contributed by atoms with Crippen LogP contribution in [0.1, 0.15) is 41.6 Å². The molecule has 1 N–H and O–H groups in total. The SMILES string of the molecule is CCc1ncsc1C(=O)N1CCCC(Nc2ccc(N(C)C)nc2)CC1. The van der Waals surface area contributed by atoms with E-state index in [9.17, 15) is 4.79 Å². The molecule has 1 amide bonds. The lowest BCUT2D eigenvalue weighted by Gasteiger charge is -2.21. The summed E-state index contributed by atoms with van der Waals surface area (Å²) in [4.78, 5) is 26.4. The van der Waals surface area contributed by atoms with Crippen LogP contribution in [-0.4, -0.2) is 54.0 Å². The average Bonchev–Trinajstić information content (AvgIpc) is 3.01. The lowest BCUT2D eigenvalue weighted by atomic mass is 10.1. The maximum absolute atomic E-state index is 12.8. The number of aryl methyl sites for hydroxylation is 1. The highest BCUT2D eigenvalue weighted by Gasteiger charge is 2.24. The number of pyridine rings is 1. The van der Waals surface area contributed by atoms with Crippen LogP contribution in [0.4, 0.5) is 11.5 Å². The fourth-order valence-electron chi connectivity index (χ4n) is 3.25. The number of anilines is 2. The van der Waals surface area contributed by atoms with Gasteiger partial charge in [0.2, 0.25) is 0 Å². The molecule has 1 aliphatic heterocycles. The topological polar surface area (TPSA) is 61.4 Å². The van der Waals surface area contributed by atoms with Crippen molar-refractivity contribution in [1.29, 1.82) is 0 Å². The Kier molecular flexibility index (Phi) is 6.08. The Balaban J connectivity index is 1.58. The van der Waals surface area contributed by atoms with E-state index in [1.54, 1.807) is 5.51 Å². The number of likely N-dealkylation sites (tertiary alicyclic amines) is 1. The summed E-state index contributed by atoms with van der Waals surface area (Å²) in [6, 6.07) is 4.46. The van der Waals surface area contributed by atoms with E-state index in [1.807, 2.05) is 43.1 Å². The minimum absolute atomic E-state index is 0.141. The van der Waals surface area contributed by atoms with Crippen LogP contribution in [0.3, 0.4) is 0 Å². The molecule has 0 radical (unpaired) electrons. The number of aromatic nitrogens is 2. The third-order valence-corrected chi connectivity index (χ3v) is 5.62. The van der Waals surface area contributed by atoms with Crippen molar-refractivity contribution in [3.05, 3.63) is 34.4 Å². The summed E-state index contributed by atoms with van der Waals surface area (Å²) >= 11 is 1.46. The second-order valence-electron chi connectivity index (χ2n) is 6.85. The van der Waals surface area contributed by atoms with Gasteiger partial charge in [0, 0.05) is 33.2 Å². The molecular weight excluding hydrogens is 346 g/mol. The molecule has 26 heavy (non-hydrogen) atoms. The minimum atomic E-state index is 0.141. The summed E-state index contributed by atoms with van der Waals surface area (Å²) in [5.74, 6) is 1.09. The molecular formula is C19H27N5OS. The van der Waals surface area contributed by atoms with Gasteiger partial charge >= 0.3 is 0 Å². The molecule has 0 spiro atoms. The molecule has 3 rings (SSSR count). The van der Waals surface area contributed by atoms with Crippen molar-refractivity contribution in [2.24, 2.45) is 0 Å². The number of carbonyl (C=O) groups is 1. The molecule has 1 aliphatic rings. The number of hydrogen-bond donors (Lipinski definition) is 1. The number of hydrogen-bond acceptors (Lipinski definition) is 6. The third-order valence-electron chi connectivity index (χ3n) is 4.76. The first-order valence-corrected chi connectivity index (χ1v) is 10.1. The van der Waals surface area contributed by atoms with Crippen LogP contribution >= 0.6 is 11.3 Å². The lowest BCUT2D eigenvalue weighted by molar-refractivity contribution is 0.0765. The Hall–Kier alpha value is -2.15. The first-order chi connectivity index (χ1) is 12.6. The van der Waals surface area contributed by atoms with Gasteiger partial charge in [-0.05, 0) is 37.8 Å². The van der Waals surface area contributed by atoms with E-state index in [1.165, 1.54) is 11.3 Å². The van der Waals surface area contributed by atoms with Crippen molar-refractivity contribution in [2.45, 2.75) is 38.6 Å². The monoisotopic (exact) mass is 373 g/mol. The van der Waals surface area contributed by atoms with E-state index >= 15 is 0 Å². The van der Waals surface area contributed by atoms with Crippen molar-refractivity contribution >= 4 is 28.7 Å². The van der Waals surface area contributed by atoms with E-state index in [-0.39, 0.29) is 5.91 Å². The first-order valence-electron chi connectivity index (χ1n) is 9.20. The van der Waals surface area contributed by atoms with E-state index in [0.717, 1.165) is 60.8 Å². The zero-order chi connectivity index (χ0) is 18.5.